The van der Waals surface area contributed by atoms with E-state index in [9.17, 15) is 4.79 Å². The van der Waals surface area contributed by atoms with E-state index in [1.54, 1.807) is 18.5 Å². The van der Waals surface area contributed by atoms with Crippen molar-refractivity contribution in [3.05, 3.63) is 60.9 Å². The first-order valence-corrected chi connectivity index (χ1v) is 12.3. The lowest BCUT2D eigenvalue weighted by molar-refractivity contribution is -0.119. The molecule has 3 heterocycles. The number of fused-ring (bicyclic) bond motifs is 1. The molecule has 178 valence electrons. The zero-order valence-electron chi connectivity index (χ0n) is 19.4. The summed E-state index contributed by atoms with van der Waals surface area (Å²) in [7, 11) is 0. The van der Waals surface area contributed by atoms with Gasteiger partial charge in [0.1, 0.15) is 0 Å². The van der Waals surface area contributed by atoms with E-state index in [1.165, 1.54) is 11.8 Å². The number of nitrogens with zero attached hydrogens (tertiary/aromatic N) is 4. The molecule has 0 bridgehead atoms. The number of ether oxygens (including phenoxy) is 2. The molecule has 1 amide bonds. The Morgan fingerprint density at radius 1 is 1.24 bits per heavy atom. The average Bonchev–Trinajstić information content (AvgIpc) is 3.09. The summed E-state index contributed by atoms with van der Waals surface area (Å²) < 4.78 is 13.5. The number of hydrogen-bond donors (Lipinski definition) is 1. The minimum Gasteiger partial charge on any atom is -0.490 e. The molecule has 1 N–H and O–H groups in total. The lowest BCUT2D eigenvalue weighted by Gasteiger charge is -2.24. The lowest BCUT2D eigenvalue weighted by atomic mass is 9.95. The van der Waals surface area contributed by atoms with Crippen molar-refractivity contribution in [2.75, 3.05) is 19.0 Å². The van der Waals surface area contributed by atoms with Gasteiger partial charge in [0, 0.05) is 30.9 Å². The normalized spacial score (nSPS) is 13.9. The van der Waals surface area contributed by atoms with Gasteiger partial charge in [-0.1, -0.05) is 37.8 Å². The summed E-state index contributed by atoms with van der Waals surface area (Å²) in [6.07, 6.45) is 6.09. The van der Waals surface area contributed by atoms with Gasteiger partial charge in [0.05, 0.1) is 25.0 Å². The highest BCUT2D eigenvalue weighted by Gasteiger charge is 2.22. The van der Waals surface area contributed by atoms with Crippen LogP contribution < -0.4 is 14.8 Å². The van der Waals surface area contributed by atoms with Crippen molar-refractivity contribution in [3.63, 3.8) is 0 Å². The molecule has 4 rings (SSSR count). The third-order valence-electron chi connectivity index (χ3n) is 5.39. The molecule has 0 saturated carbocycles. The van der Waals surface area contributed by atoms with Gasteiger partial charge in [0.25, 0.3) is 0 Å². The Morgan fingerprint density at radius 2 is 2.06 bits per heavy atom. The van der Waals surface area contributed by atoms with Gasteiger partial charge in [-0.3, -0.25) is 14.3 Å². The Kier molecular flexibility index (Phi) is 7.84. The van der Waals surface area contributed by atoms with E-state index < -0.39 is 0 Å². The van der Waals surface area contributed by atoms with Gasteiger partial charge >= 0.3 is 0 Å². The molecule has 0 aliphatic carbocycles. The molecule has 1 atom stereocenters. The summed E-state index contributed by atoms with van der Waals surface area (Å²) in [6, 6.07) is 9.52. The molecule has 0 fully saturated rings. The highest BCUT2D eigenvalue weighted by molar-refractivity contribution is 7.99. The van der Waals surface area contributed by atoms with Gasteiger partial charge in [-0.2, -0.15) is 0 Å². The first kappa shape index (κ1) is 23.8. The second-order valence-electron chi connectivity index (χ2n) is 8.28. The Bertz CT molecular complexity index is 1130. The summed E-state index contributed by atoms with van der Waals surface area (Å²) in [6.45, 7) is 9.81. The Morgan fingerprint density at radius 3 is 2.79 bits per heavy atom. The fourth-order valence-corrected chi connectivity index (χ4v) is 4.51. The minimum absolute atomic E-state index is 0.0770. The number of benzene rings is 1. The molecule has 1 aromatic carbocycles. The van der Waals surface area contributed by atoms with Gasteiger partial charge in [0.2, 0.25) is 5.91 Å². The zero-order valence-corrected chi connectivity index (χ0v) is 20.3. The predicted molar refractivity (Wildman–Crippen MR) is 132 cm³/mol. The monoisotopic (exact) mass is 479 g/mol. The van der Waals surface area contributed by atoms with Crippen LogP contribution in [0.2, 0.25) is 0 Å². The Hall–Kier alpha value is -3.33. The van der Waals surface area contributed by atoms with Crippen molar-refractivity contribution >= 4 is 17.7 Å². The van der Waals surface area contributed by atoms with E-state index in [0.717, 1.165) is 29.0 Å². The Balaban J connectivity index is 1.45. The maximum atomic E-state index is 12.9. The molecule has 2 aromatic heterocycles. The van der Waals surface area contributed by atoms with Crippen LogP contribution in [-0.2, 0) is 11.3 Å². The Labute approximate surface area is 203 Å². The third-order valence-corrected chi connectivity index (χ3v) is 6.36. The van der Waals surface area contributed by atoms with E-state index in [4.69, 9.17) is 9.47 Å². The summed E-state index contributed by atoms with van der Waals surface area (Å²) in [5.74, 6) is 2.51. The van der Waals surface area contributed by atoms with Crippen molar-refractivity contribution in [2.45, 2.75) is 38.0 Å². The van der Waals surface area contributed by atoms with Crippen molar-refractivity contribution in [1.29, 1.82) is 0 Å². The van der Waals surface area contributed by atoms with Gasteiger partial charge in [-0.05, 0) is 35.7 Å². The topological polar surface area (TPSA) is 91.2 Å². The molecule has 34 heavy (non-hydrogen) atoms. The van der Waals surface area contributed by atoms with Crippen LogP contribution in [0.15, 0.2) is 60.5 Å². The van der Waals surface area contributed by atoms with Crippen LogP contribution >= 0.6 is 11.8 Å². The highest BCUT2D eigenvalue weighted by atomic mass is 32.2. The van der Waals surface area contributed by atoms with Crippen molar-refractivity contribution in [3.8, 4) is 22.9 Å². The summed E-state index contributed by atoms with van der Waals surface area (Å²) in [5, 5.41) is 12.4. The molecule has 1 aliphatic heterocycles. The summed E-state index contributed by atoms with van der Waals surface area (Å²) in [5.41, 5.74) is 1.86. The van der Waals surface area contributed by atoms with E-state index >= 15 is 0 Å². The van der Waals surface area contributed by atoms with Crippen LogP contribution in [0, 0.1) is 5.92 Å². The third kappa shape index (κ3) is 5.59. The largest absolute Gasteiger partial charge is 0.490 e. The van der Waals surface area contributed by atoms with Crippen LogP contribution in [-0.4, -0.2) is 44.6 Å². The SMILES string of the molecule is C=CCn1c(SCC(=O)N[C@H](c2ccc3c(c2)OCCCO3)C(C)C)nnc1-c1cccnc1. The maximum Gasteiger partial charge on any atom is 0.230 e. The van der Waals surface area contributed by atoms with Crippen LogP contribution in [0.1, 0.15) is 31.9 Å². The fraction of sp³-hybridized carbons (Fsp3) is 0.360. The molecule has 8 nitrogen and oxygen atoms in total. The molecule has 9 heteroatoms. The van der Waals surface area contributed by atoms with Crippen LogP contribution in [0.3, 0.4) is 0 Å². The predicted octanol–water partition coefficient (Wildman–Crippen LogP) is 4.29. The average molecular weight is 480 g/mol. The molecule has 0 spiro atoms. The summed E-state index contributed by atoms with van der Waals surface area (Å²) in [4.78, 5) is 17.1. The number of nitrogens with one attached hydrogen (secondary N) is 1. The number of carbonyl (C=O) groups excluding carboxylic acids is 1. The van der Waals surface area contributed by atoms with Crippen LogP contribution in [0.4, 0.5) is 0 Å². The van der Waals surface area contributed by atoms with Gasteiger partial charge < -0.3 is 14.8 Å². The van der Waals surface area contributed by atoms with Gasteiger partial charge in [0.15, 0.2) is 22.5 Å². The second-order valence-corrected chi connectivity index (χ2v) is 9.22. The van der Waals surface area contributed by atoms with Crippen molar-refractivity contribution < 1.29 is 14.3 Å². The number of pyridine rings is 1. The van der Waals surface area contributed by atoms with E-state index in [2.05, 4.69) is 40.9 Å². The second kappa shape index (κ2) is 11.2. The molecule has 3 aromatic rings. The fourth-order valence-electron chi connectivity index (χ4n) is 3.75. The highest BCUT2D eigenvalue weighted by Crippen LogP contribution is 2.34. The van der Waals surface area contributed by atoms with Crippen LogP contribution in [0.5, 0.6) is 11.5 Å². The number of allylic oxidation sites excluding steroid dienone is 1. The molecule has 1 aliphatic rings. The maximum absolute atomic E-state index is 12.9. The number of rotatable bonds is 9. The first-order chi connectivity index (χ1) is 16.6. The van der Waals surface area contributed by atoms with Crippen molar-refractivity contribution in [2.24, 2.45) is 5.92 Å². The first-order valence-electron chi connectivity index (χ1n) is 11.3. The zero-order chi connectivity index (χ0) is 23.9. The number of aromatic nitrogens is 4. The molecular weight excluding hydrogens is 450 g/mol. The molecule has 0 saturated heterocycles. The minimum atomic E-state index is -0.151. The van der Waals surface area contributed by atoms with Gasteiger partial charge in [-0.15, -0.1) is 16.8 Å². The van der Waals surface area contributed by atoms with E-state index in [-0.39, 0.29) is 23.6 Å². The van der Waals surface area contributed by atoms with Gasteiger partial charge in [-0.25, -0.2) is 0 Å². The molecule has 0 radical (unpaired) electrons. The van der Waals surface area contributed by atoms with Crippen molar-refractivity contribution in [1.82, 2.24) is 25.1 Å². The number of hydrogen-bond acceptors (Lipinski definition) is 7. The molecular formula is C25H29N5O3S. The number of thioether (sulfide) groups is 1. The smallest absolute Gasteiger partial charge is 0.230 e. The standard InChI is InChI=1S/C25H29N5O3S/c1-4-11-30-24(19-7-5-10-26-15-19)28-29-25(30)34-16-22(31)27-23(17(2)3)18-8-9-20-21(14-18)33-13-6-12-32-20/h4-5,7-10,14-15,17,23H,1,6,11-13,16H2,2-3H3,(H,27,31)/t23-/m0/s1. The molecule has 0 unspecified atom stereocenters. The number of amides is 1. The quantitative estimate of drug-likeness (QED) is 0.362. The summed E-state index contributed by atoms with van der Waals surface area (Å²) >= 11 is 1.35. The van der Waals surface area contributed by atoms with Crippen LogP contribution in [0.25, 0.3) is 11.4 Å². The van der Waals surface area contributed by atoms with E-state index in [1.807, 2.05) is 34.9 Å². The number of carbonyl (C=O) groups is 1. The lowest BCUT2D eigenvalue weighted by Crippen LogP contribution is -2.33. The van der Waals surface area contributed by atoms with E-state index in [0.29, 0.717) is 30.7 Å².